The lowest BCUT2D eigenvalue weighted by Crippen LogP contribution is -2.41. The molecule has 2 heterocycles. The van der Waals surface area contributed by atoms with E-state index in [0.29, 0.717) is 24.9 Å². The molecule has 0 spiro atoms. The molecule has 3 unspecified atom stereocenters. The number of ether oxygens (including phenoxy) is 1. The summed E-state index contributed by atoms with van der Waals surface area (Å²) in [6.45, 7) is 2.80. The topological polar surface area (TPSA) is 46.6 Å². The molecule has 0 aromatic carbocycles. The van der Waals surface area contributed by atoms with E-state index < -0.39 is 10.0 Å². The molecular weight excluding hydrogens is 274 g/mol. The fourth-order valence-corrected chi connectivity index (χ4v) is 4.14. The molecule has 0 radical (unpaired) electrons. The summed E-state index contributed by atoms with van der Waals surface area (Å²) in [5.41, 5.74) is 0. The number of sulfonamides is 1. The van der Waals surface area contributed by atoms with Crippen LogP contribution >= 0.6 is 11.6 Å². The molecule has 2 rings (SSSR count). The van der Waals surface area contributed by atoms with E-state index in [-0.39, 0.29) is 5.38 Å². The third-order valence-electron chi connectivity index (χ3n) is 3.97. The molecule has 0 aromatic rings. The zero-order valence-electron chi connectivity index (χ0n) is 10.8. The molecule has 0 aliphatic carbocycles. The Morgan fingerprint density at radius 3 is 2.83 bits per heavy atom. The molecule has 106 valence electrons. The molecule has 4 nitrogen and oxygen atoms in total. The molecule has 2 aliphatic rings. The van der Waals surface area contributed by atoms with Gasteiger partial charge < -0.3 is 4.74 Å². The fraction of sp³-hybridized carbons (Fsp3) is 1.00. The Labute approximate surface area is 115 Å². The second-order valence-electron chi connectivity index (χ2n) is 5.50. The van der Waals surface area contributed by atoms with Gasteiger partial charge in [-0.05, 0) is 37.5 Å². The minimum Gasteiger partial charge on any atom is -0.381 e. The van der Waals surface area contributed by atoms with E-state index in [0.717, 1.165) is 38.9 Å². The van der Waals surface area contributed by atoms with Gasteiger partial charge >= 0.3 is 0 Å². The van der Waals surface area contributed by atoms with Gasteiger partial charge in [0, 0.05) is 25.1 Å². The van der Waals surface area contributed by atoms with Crippen LogP contribution in [0.1, 0.15) is 25.7 Å². The van der Waals surface area contributed by atoms with Gasteiger partial charge in [-0.25, -0.2) is 12.7 Å². The largest absolute Gasteiger partial charge is 0.381 e. The third-order valence-corrected chi connectivity index (χ3v) is 5.81. The Bertz CT molecular complexity index is 374. The van der Waals surface area contributed by atoms with Gasteiger partial charge in [-0.3, -0.25) is 0 Å². The number of rotatable bonds is 3. The number of nitrogens with zero attached hydrogens (tertiary/aromatic N) is 1. The Balaban J connectivity index is 1.89. The van der Waals surface area contributed by atoms with Crippen molar-refractivity contribution in [3.8, 4) is 0 Å². The Morgan fingerprint density at radius 2 is 2.17 bits per heavy atom. The Hall–Kier alpha value is 0.160. The van der Waals surface area contributed by atoms with Crippen LogP contribution in [0.5, 0.6) is 0 Å². The normalized spacial score (nSPS) is 35.6. The monoisotopic (exact) mass is 295 g/mol. The highest BCUT2D eigenvalue weighted by Crippen LogP contribution is 2.30. The minimum atomic E-state index is -3.04. The molecule has 0 saturated carbocycles. The van der Waals surface area contributed by atoms with Crippen molar-refractivity contribution in [1.29, 1.82) is 0 Å². The summed E-state index contributed by atoms with van der Waals surface area (Å²) >= 11 is 6.32. The molecule has 2 saturated heterocycles. The minimum absolute atomic E-state index is 0.187. The summed E-state index contributed by atoms with van der Waals surface area (Å²) < 4.78 is 30.2. The van der Waals surface area contributed by atoms with Crippen LogP contribution in [0.15, 0.2) is 0 Å². The lowest BCUT2D eigenvalue weighted by Gasteiger charge is -2.35. The first kappa shape index (κ1) is 14.6. The summed E-state index contributed by atoms with van der Waals surface area (Å²) in [6.07, 6.45) is 5.25. The third kappa shape index (κ3) is 3.83. The zero-order valence-corrected chi connectivity index (χ0v) is 12.4. The molecule has 3 atom stereocenters. The molecule has 0 aromatic heterocycles. The second kappa shape index (κ2) is 6.07. The van der Waals surface area contributed by atoms with Crippen LogP contribution in [0.3, 0.4) is 0 Å². The second-order valence-corrected chi connectivity index (χ2v) is 8.05. The summed E-state index contributed by atoms with van der Waals surface area (Å²) in [5.74, 6) is 0.811. The van der Waals surface area contributed by atoms with Gasteiger partial charge in [0.15, 0.2) is 0 Å². The van der Waals surface area contributed by atoms with Crippen LogP contribution in [0.4, 0.5) is 0 Å². The first-order valence-corrected chi connectivity index (χ1v) is 8.92. The highest BCUT2D eigenvalue weighted by Gasteiger charge is 2.31. The highest BCUT2D eigenvalue weighted by molar-refractivity contribution is 7.88. The van der Waals surface area contributed by atoms with Crippen molar-refractivity contribution in [2.24, 2.45) is 11.8 Å². The SMILES string of the molecule is CS(=O)(=O)N1CCCC(CC2COCCC2Cl)C1. The predicted molar refractivity (Wildman–Crippen MR) is 72.3 cm³/mol. The Kier molecular flexibility index (Phi) is 4.92. The maximum absolute atomic E-state index is 11.6. The quantitative estimate of drug-likeness (QED) is 0.745. The zero-order chi connectivity index (χ0) is 13.2. The van der Waals surface area contributed by atoms with E-state index in [1.165, 1.54) is 6.26 Å². The van der Waals surface area contributed by atoms with Crippen molar-refractivity contribution in [1.82, 2.24) is 4.31 Å². The summed E-state index contributed by atoms with van der Waals surface area (Å²) in [6, 6.07) is 0. The van der Waals surface area contributed by atoms with Gasteiger partial charge in [0.25, 0.3) is 0 Å². The van der Waals surface area contributed by atoms with E-state index in [2.05, 4.69) is 0 Å². The first-order chi connectivity index (χ1) is 8.47. The van der Waals surface area contributed by atoms with E-state index >= 15 is 0 Å². The van der Waals surface area contributed by atoms with Crippen molar-refractivity contribution in [2.75, 3.05) is 32.6 Å². The van der Waals surface area contributed by atoms with Crippen molar-refractivity contribution >= 4 is 21.6 Å². The van der Waals surface area contributed by atoms with Gasteiger partial charge in [-0.1, -0.05) is 0 Å². The van der Waals surface area contributed by atoms with Gasteiger partial charge in [0.05, 0.1) is 12.9 Å². The molecule has 6 heteroatoms. The average Bonchev–Trinajstić information content (AvgIpc) is 2.31. The van der Waals surface area contributed by atoms with Gasteiger partial charge in [0.2, 0.25) is 10.0 Å². The fourth-order valence-electron chi connectivity index (χ4n) is 2.94. The van der Waals surface area contributed by atoms with E-state index in [4.69, 9.17) is 16.3 Å². The standard InChI is InChI=1S/C12H22ClNO3S/c1-18(15,16)14-5-2-3-10(8-14)7-11-9-17-6-4-12(11)13/h10-12H,2-9H2,1H3. The summed E-state index contributed by atoms with van der Waals surface area (Å²) in [5, 5.41) is 0.187. The number of alkyl halides is 1. The van der Waals surface area contributed by atoms with Gasteiger partial charge in [-0.15, -0.1) is 11.6 Å². The molecule has 2 fully saturated rings. The lowest BCUT2D eigenvalue weighted by atomic mass is 9.86. The molecule has 0 bridgehead atoms. The van der Waals surface area contributed by atoms with Crippen LogP contribution in [-0.4, -0.2) is 50.7 Å². The number of piperidine rings is 1. The summed E-state index contributed by atoms with van der Waals surface area (Å²) in [4.78, 5) is 0. The van der Waals surface area contributed by atoms with Crippen LogP contribution in [-0.2, 0) is 14.8 Å². The van der Waals surface area contributed by atoms with Crippen LogP contribution < -0.4 is 0 Å². The van der Waals surface area contributed by atoms with Crippen LogP contribution in [0.2, 0.25) is 0 Å². The van der Waals surface area contributed by atoms with E-state index in [9.17, 15) is 8.42 Å². The van der Waals surface area contributed by atoms with Gasteiger partial charge in [-0.2, -0.15) is 0 Å². The average molecular weight is 296 g/mol. The highest BCUT2D eigenvalue weighted by atomic mass is 35.5. The number of halogens is 1. The Morgan fingerprint density at radius 1 is 1.39 bits per heavy atom. The van der Waals surface area contributed by atoms with E-state index in [1.54, 1.807) is 4.31 Å². The smallest absolute Gasteiger partial charge is 0.211 e. The van der Waals surface area contributed by atoms with Crippen molar-refractivity contribution in [3.63, 3.8) is 0 Å². The van der Waals surface area contributed by atoms with Crippen LogP contribution in [0, 0.1) is 11.8 Å². The molecule has 0 N–H and O–H groups in total. The van der Waals surface area contributed by atoms with Crippen molar-refractivity contribution in [3.05, 3.63) is 0 Å². The van der Waals surface area contributed by atoms with Gasteiger partial charge in [0.1, 0.15) is 0 Å². The summed E-state index contributed by atoms with van der Waals surface area (Å²) in [7, 11) is -3.04. The number of hydrogen-bond donors (Lipinski definition) is 0. The maximum atomic E-state index is 11.6. The molecule has 2 aliphatic heterocycles. The first-order valence-electron chi connectivity index (χ1n) is 6.64. The van der Waals surface area contributed by atoms with E-state index in [1.807, 2.05) is 0 Å². The molecule has 18 heavy (non-hydrogen) atoms. The van der Waals surface area contributed by atoms with Crippen LogP contribution in [0.25, 0.3) is 0 Å². The number of hydrogen-bond acceptors (Lipinski definition) is 3. The van der Waals surface area contributed by atoms with Crippen molar-refractivity contribution in [2.45, 2.75) is 31.1 Å². The maximum Gasteiger partial charge on any atom is 0.211 e. The predicted octanol–water partition coefficient (Wildman–Crippen LogP) is 1.69. The molecular formula is C12H22ClNO3S. The molecule has 0 amide bonds. The lowest BCUT2D eigenvalue weighted by molar-refractivity contribution is 0.0440. The van der Waals surface area contributed by atoms with Crippen molar-refractivity contribution < 1.29 is 13.2 Å².